The molecule has 2 aromatic rings. The highest BCUT2D eigenvalue weighted by molar-refractivity contribution is 5.48. The van der Waals surface area contributed by atoms with Crippen LogP contribution in [-0.4, -0.2) is 53.7 Å². The van der Waals surface area contributed by atoms with E-state index < -0.39 is 0 Å². The van der Waals surface area contributed by atoms with Crippen LogP contribution in [0.2, 0.25) is 0 Å². The quantitative estimate of drug-likeness (QED) is 0.825. The van der Waals surface area contributed by atoms with Crippen LogP contribution in [0.25, 0.3) is 6.08 Å². The maximum atomic E-state index is 14.0. The van der Waals surface area contributed by atoms with Crippen LogP contribution in [0.5, 0.6) is 0 Å². The summed E-state index contributed by atoms with van der Waals surface area (Å²) >= 11 is 0. The topological polar surface area (TPSA) is 26.7 Å². The second-order valence-corrected chi connectivity index (χ2v) is 6.80. The summed E-state index contributed by atoms with van der Waals surface area (Å²) in [7, 11) is 0. The fourth-order valence-electron chi connectivity index (χ4n) is 3.50. The maximum absolute atomic E-state index is 14.0. The lowest BCUT2D eigenvalue weighted by Gasteiger charge is -2.41. The Kier molecular flexibility index (Phi) is 6.95. The van der Waals surface area contributed by atoms with Crippen LogP contribution >= 0.6 is 0 Å². The molecule has 2 aromatic carbocycles. The number of benzene rings is 2. The van der Waals surface area contributed by atoms with Crippen LogP contribution < -0.4 is 0 Å². The van der Waals surface area contributed by atoms with E-state index in [2.05, 4.69) is 34.1 Å². The van der Waals surface area contributed by atoms with Crippen LogP contribution in [-0.2, 0) is 6.54 Å². The van der Waals surface area contributed by atoms with E-state index >= 15 is 0 Å². The molecule has 26 heavy (non-hydrogen) atoms. The molecule has 1 fully saturated rings. The molecule has 0 radical (unpaired) electrons. The van der Waals surface area contributed by atoms with Gasteiger partial charge in [-0.2, -0.15) is 0 Å². The van der Waals surface area contributed by atoms with Gasteiger partial charge in [-0.1, -0.05) is 60.7 Å². The van der Waals surface area contributed by atoms with E-state index in [1.165, 1.54) is 11.6 Å². The molecule has 0 amide bonds. The normalized spacial score (nSPS) is 19.2. The van der Waals surface area contributed by atoms with Crippen molar-refractivity contribution in [2.45, 2.75) is 19.0 Å². The van der Waals surface area contributed by atoms with E-state index in [-0.39, 0.29) is 18.5 Å². The minimum atomic E-state index is -0.150. The fraction of sp³-hybridized carbons (Fsp3) is 0.364. The van der Waals surface area contributed by atoms with E-state index in [1.807, 2.05) is 30.3 Å². The van der Waals surface area contributed by atoms with Crippen LogP contribution in [0.4, 0.5) is 4.39 Å². The van der Waals surface area contributed by atoms with E-state index in [0.717, 1.165) is 31.7 Å². The minimum Gasteiger partial charge on any atom is -0.396 e. The molecule has 1 saturated heterocycles. The molecule has 138 valence electrons. The molecule has 1 aliphatic rings. The number of hydrogen-bond donors (Lipinski definition) is 1. The highest BCUT2D eigenvalue weighted by Crippen LogP contribution is 2.18. The summed E-state index contributed by atoms with van der Waals surface area (Å²) in [6, 6.07) is 17.5. The summed E-state index contributed by atoms with van der Waals surface area (Å²) in [4.78, 5) is 4.70. The van der Waals surface area contributed by atoms with E-state index in [4.69, 9.17) is 0 Å². The Balaban J connectivity index is 1.57. The Morgan fingerprint density at radius 3 is 2.58 bits per heavy atom. The zero-order valence-electron chi connectivity index (χ0n) is 15.1. The first-order chi connectivity index (χ1) is 12.8. The van der Waals surface area contributed by atoms with E-state index in [1.54, 1.807) is 6.07 Å². The molecule has 4 heteroatoms. The number of piperazine rings is 1. The van der Waals surface area contributed by atoms with Gasteiger partial charge in [0.15, 0.2) is 0 Å². The van der Waals surface area contributed by atoms with Gasteiger partial charge in [0.2, 0.25) is 0 Å². The van der Waals surface area contributed by atoms with E-state index in [0.29, 0.717) is 13.0 Å². The zero-order chi connectivity index (χ0) is 18.2. The van der Waals surface area contributed by atoms with Crippen LogP contribution in [0.1, 0.15) is 17.5 Å². The molecular formula is C22H27FN2O. The highest BCUT2D eigenvalue weighted by atomic mass is 19.1. The number of rotatable bonds is 7. The van der Waals surface area contributed by atoms with Crippen molar-refractivity contribution in [3.63, 3.8) is 0 Å². The Morgan fingerprint density at radius 2 is 1.81 bits per heavy atom. The molecule has 3 rings (SSSR count). The fourth-order valence-corrected chi connectivity index (χ4v) is 3.50. The molecule has 1 aliphatic heterocycles. The van der Waals surface area contributed by atoms with Crippen molar-refractivity contribution in [2.75, 3.05) is 32.8 Å². The maximum Gasteiger partial charge on any atom is 0.127 e. The second kappa shape index (κ2) is 9.62. The van der Waals surface area contributed by atoms with Crippen molar-refractivity contribution in [1.82, 2.24) is 9.80 Å². The largest absolute Gasteiger partial charge is 0.396 e. The lowest BCUT2D eigenvalue weighted by molar-refractivity contribution is 0.0589. The molecule has 1 heterocycles. The first-order valence-electron chi connectivity index (χ1n) is 9.28. The van der Waals surface area contributed by atoms with Gasteiger partial charge >= 0.3 is 0 Å². The van der Waals surface area contributed by atoms with Gasteiger partial charge in [-0.25, -0.2) is 4.39 Å². The number of hydrogen-bond acceptors (Lipinski definition) is 3. The average molecular weight is 354 g/mol. The molecule has 0 unspecified atom stereocenters. The Bertz CT molecular complexity index is 704. The molecule has 1 atom stereocenters. The van der Waals surface area contributed by atoms with Crippen molar-refractivity contribution in [2.24, 2.45) is 0 Å². The van der Waals surface area contributed by atoms with Gasteiger partial charge in [0.05, 0.1) is 0 Å². The molecule has 0 aliphatic carbocycles. The predicted octanol–water partition coefficient (Wildman–Crippen LogP) is 3.41. The number of nitrogens with zero attached hydrogens (tertiary/aromatic N) is 2. The summed E-state index contributed by atoms with van der Waals surface area (Å²) in [5.74, 6) is -0.150. The van der Waals surface area contributed by atoms with Crippen molar-refractivity contribution in [1.29, 1.82) is 0 Å². The van der Waals surface area contributed by atoms with Crippen LogP contribution in [0.3, 0.4) is 0 Å². The van der Waals surface area contributed by atoms with Gasteiger partial charge in [0.1, 0.15) is 5.82 Å². The van der Waals surface area contributed by atoms with Gasteiger partial charge in [-0.05, 0) is 18.1 Å². The molecule has 1 N–H and O–H groups in total. The smallest absolute Gasteiger partial charge is 0.127 e. The van der Waals surface area contributed by atoms with Gasteiger partial charge in [-0.3, -0.25) is 9.80 Å². The van der Waals surface area contributed by atoms with Gasteiger partial charge in [0.25, 0.3) is 0 Å². The molecule has 0 aromatic heterocycles. The van der Waals surface area contributed by atoms with Crippen molar-refractivity contribution in [3.05, 3.63) is 77.6 Å². The third-order valence-corrected chi connectivity index (χ3v) is 4.96. The Labute approximate surface area is 155 Å². The minimum absolute atomic E-state index is 0.150. The molecule has 3 nitrogen and oxygen atoms in total. The first kappa shape index (κ1) is 18.8. The molecule has 0 spiro atoms. The Morgan fingerprint density at radius 1 is 1.04 bits per heavy atom. The second-order valence-electron chi connectivity index (χ2n) is 6.80. The monoisotopic (exact) mass is 354 g/mol. The van der Waals surface area contributed by atoms with E-state index in [9.17, 15) is 9.50 Å². The molecule has 0 bridgehead atoms. The lowest BCUT2D eigenvalue weighted by atomic mass is 10.1. The summed E-state index contributed by atoms with van der Waals surface area (Å²) in [6.45, 7) is 4.39. The summed E-state index contributed by atoms with van der Waals surface area (Å²) in [5, 5.41) is 9.43. The number of halogens is 1. The SMILES string of the molecule is OCC[C@H]1CN(C/C=C/c2ccccc2)CCN1Cc1ccccc1F. The van der Waals surface area contributed by atoms with Gasteiger partial charge < -0.3 is 5.11 Å². The zero-order valence-corrected chi connectivity index (χ0v) is 15.1. The van der Waals surface area contributed by atoms with Crippen LogP contribution in [0.15, 0.2) is 60.7 Å². The van der Waals surface area contributed by atoms with Crippen molar-refractivity contribution >= 4 is 6.08 Å². The third-order valence-electron chi connectivity index (χ3n) is 4.96. The predicted molar refractivity (Wildman–Crippen MR) is 104 cm³/mol. The van der Waals surface area contributed by atoms with Crippen LogP contribution in [0, 0.1) is 5.82 Å². The molecular weight excluding hydrogens is 327 g/mol. The van der Waals surface area contributed by atoms with Crippen molar-refractivity contribution < 1.29 is 9.50 Å². The summed E-state index contributed by atoms with van der Waals surface area (Å²) in [6.07, 6.45) is 5.05. The number of aliphatic hydroxyl groups excluding tert-OH is 1. The average Bonchev–Trinajstić information content (AvgIpc) is 2.66. The lowest BCUT2D eigenvalue weighted by Crippen LogP contribution is -2.52. The van der Waals surface area contributed by atoms with Gasteiger partial charge in [-0.15, -0.1) is 0 Å². The Hall–Kier alpha value is -2.01. The standard InChI is InChI=1S/C22H27FN2O/c23-22-11-5-4-10-20(22)17-25-15-14-24(18-21(25)12-16-26)13-6-9-19-7-2-1-3-8-19/h1-11,21,26H,12-18H2/b9-6+/t21-/m0/s1. The summed E-state index contributed by atoms with van der Waals surface area (Å²) in [5.41, 5.74) is 1.94. The highest BCUT2D eigenvalue weighted by Gasteiger charge is 2.26. The summed E-state index contributed by atoms with van der Waals surface area (Å²) < 4.78 is 14.0. The first-order valence-corrected chi connectivity index (χ1v) is 9.28. The van der Waals surface area contributed by atoms with Gasteiger partial charge in [0, 0.05) is 50.9 Å². The third kappa shape index (κ3) is 5.24. The molecule has 0 saturated carbocycles. The van der Waals surface area contributed by atoms with Crippen molar-refractivity contribution in [3.8, 4) is 0 Å². The number of aliphatic hydroxyl groups is 1.